The number of aromatic hydroxyl groups is 1. The van der Waals surface area contributed by atoms with Gasteiger partial charge in [0.2, 0.25) is 0 Å². The quantitative estimate of drug-likeness (QED) is 0.721. The van der Waals surface area contributed by atoms with E-state index in [1.54, 1.807) is 13.8 Å². The third-order valence-electron chi connectivity index (χ3n) is 4.74. The van der Waals surface area contributed by atoms with Gasteiger partial charge in [-0.05, 0) is 41.8 Å². The van der Waals surface area contributed by atoms with Gasteiger partial charge in [-0.1, -0.05) is 32.0 Å². The zero-order valence-corrected chi connectivity index (χ0v) is 16.3. The molecule has 0 saturated carbocycles. The van der Waals surface area contributed by atoms with Crippen LogP contribution >= 0.6 is 0 Å². The van der Waals surface area contributed by atoms with E-state index in [0.29, 0.717) is 0 Å². The monoisotopic (exact) mass is 419 g/mol. The van der Waals surface area contributed by atoms with Crippen LogP contribution in [0.1, 0.15) is 37.4 Å². The molecule has 2 N–H and O–H groups in total. The van der Waals surface area contributed by atoms with Crippen LogP contribution < -0.4 is 4.90 Å². The molecule has 1 amide bonds. The Labute approximate surface area is 171 Å². The lowest BCUT2D eigenvalue weighted by Crippen LogP contribution is -2.31. The van der Waals surface area contributed by atoms with Gasteiger partial charge in [-0.2, -0.15) is 13.2 Å². The SMILES string of the molecule is CC(C)CC(=O)C1=C(O)C(=O)N(c2cccc(C(F)(F)F)c2)C1c1cccc(O)c1. The smallest absolute Gasteiger partial charge is 0.416 e. The number of hydrogen-bond acceptors (Lipinski definition) is 4. The summed E-state index contributed by atoms with van der Waals surface area (Å²) in [6.07, 6.45) is -4.59. The van der Waals surface area contributed by atoms with Crippen molar-refractivity contribution in [2.24, 2.45) is 5.92 Å². The van der Waals surface area contributed by atoms with Crippen molar-refractivity contribution >= 4 is 17.4 Å². The number of carbonyl (C=O) groups is 2. The summed E-state index contributed by atoms with van der Waals surface area (Å²) in [5, 5.41) is 20.4. The number of halogens is 3. The van der Waals surface area contributed by atoms with Gasteiger partial charge in [-0.25, -0.2) is 0 Å². The molecule has 1 aliphatic rings. The summed E-state index contributed by atoms with van der Waals surface area (Å²) in [5.41, 5.74) is -1.00. The maximum Gasteiger partial charge on any atom is 0.416 e. The molecule has 0 spiro atoms. The summed E-state index contributed by atoms with van der Waals surface area (Å²) in [6, 6.07) is 8.64. The lowest BCUT2D eigenvalue weighted by Gasteiger charge is -2.27. The van der Waals surface area contributed by atoms with Gasteiger partial charge in [0.15, 0.2) is 11.5 Å². The summed E-state index contributed by atoms with van der Waals surface area (Å²) >= 11 is 0. The molecule has 0 bridgehead atoms. The molecule has 8 heteroatoms. The molecule has 1 atom stereocenters. The number of Topliss-reactive ketones (excluding diaryl/α,β-unsaturated/α-hetero) is 1. The first-order valence-electron chi connectivity index (χ1n) is 9.26. The van der Waals surface area contributed by atoms with E-state index in [9.17, 15) is 33.0 Å². The number of phenolic OH excluding ortho intramolecular Hbond substituents is 1. The predicted molar refractivity (Wildman–Crippen MR) is 104 cm³/mol. The van der Waals surface area contributed by atoms with Crippen LogP contribution in [0.15, 0.2) is 59.9 Å². The number of anilines is 1. The van der Waals surface area contributed by atoms with E-state index in [4.69, 9.17) is 0 Å². The molecule has 1 aliphatic heterocycles. The van der Waals surface area contributed by atoms with E-state index in [1.807, 2.05) is 0 Å². The van der Waals surface area contributed by atoms with E-state index in [-0.39, 0.29) is 34.9 Å². The van der Waals surface area contributed by atoms with Crippen molar-refractivity contribution in [2.45, 2.75) is 32.5 Å². The number of hydrogen-bond donors (Lipinski definition) is 2. The minimum Gasteiger partial charge on any atom is -0.508 e. The third kappa shape index (κ3) is 4.03. The lowest BCUT2D eigenvalue weighted by molar-refractivity contribution is -0.137. The molecule has 30 heavy (non-hydrogen) atoms. The summed E-state index contributed by atoms with van der Waals surface area (Å²) < 4.78 is 39.6. The predicted octanol–water partition coefficient (Wildman–Crippen LogP) is 4.93. The molecule has 0 fully saturated rings. The number of aliphatic hydroxyl groups is 1. The van der Waals surface area contributed by atoms with Crippen LogP contribution in [0.4, 0.5) is 18.9 Å². The van der Waals surface area contributed by atoms with E-state index in [1.165, 1.54) is 30.3 Å². The Balaban J connectivity index is 2.18. The molecule has 0 saturated heterocycles. The molecule has 0 aromatic heterocycles. The van der Waals surface area contributed by atoms with Crippen LogP contribution in [0, 0.1) is 5.92 Å². The van der Waals surface area contributed by atoms with Crippen molar-refractivity contribution in [3.05, 3.63) is 71.0 Å². The molecule has 0 radical (unpaired) electrons. The molecular formula is C22H20F3NO4. The number of amides is 1. The van der Waals surface area contributed by atoms with Crippen molar-refractivity contribution in [1.29, 1.82) is 0 Å². The lowest BCUT2D eigenvalue weighted by atomic mass is 9.92. The first kappa shape index (κ1) is 21.4. The van der Waals surface area contributed by atoms with Crippen molar-refractivity contribution < 1.29 is 33.0 Å². The van der Waals surface area contributed by atoms with Crippen molar-refractivity contribution in [2.75, 3.05) is 4.90 Å². The molecular weight excluding hydrogens is 399 g/mol. The minimum absolute atomic E-state index is 0.0401. The second kappa shape index (κ2) is 7.85. The number of rotatable bonds is 5. The third-order valence-corrected chi connectivity index (χ3v) is 4.74. The number of benzene rings is 2. The Bertz CT molecular complexity index is 1030. The summed E-state index contributed by atoms with van der Waals surface area (Å²) in [5.74, 6) is -2.48. The molecule has 158 valence electrons. The van der Waals surface area contributed by atoms with Gasteiger partial charge in [0.1, 0.15) is 5.75 Å². The number of nitrogens with zero attached hydrogens (tertiary/aromatic N) is 1. The van der Waals surface area contributed by atoms with Gasteiger partial charge in [-0.15, -0.1) is 0 Å². The van der Waals surface area contributed by atoms with E-state index in [2.05, 4.69) is 0 Å². The van der Waals surface area contributed by atoms with Crippen molar-refractivity contribution in [3.8, 4) is 5.75 Å². The maximum atomic E-state index is 13.2. The standard InChI is InChI=1S/C22H20F3NO4/c1-12(2)9-17(28)18-19(13-5-3-8-16(27)10-13)26(21(30)20(18)29)15-7-4-6-14(11-15)22(23,24)25/h3-8,10-12,19,27,29H,9H2,1-2H3. The number of carbonyl (C=O) groups excluding carboxylic acids is 2. The summed E-state index contributed by atoms with van der Waals surface area (Å²) in [7, 11) is 0. The molecule has 0 aliphatic carbocycles. The fraction of sp³-hybridized carbons (Fsp3) is 0.273. The molecule has 2 aromatic carbocycles. The molecule has 2 aromatic rings. The van der Waals surface area contributed by atoms with Crippen LogP contribution in [0.25, 0.3) is 0 Å². The molecule has 5 nitrogen and oxygen atoms in total. The molecule has 3 rings (SSSR count). The zero-order valence-electron chi connectivity index (χ0n) is 16.3. The second-order valence-electron chi connectivity index (χ2n) is 7.50. The van der Waals surface area contributed by atoms with E-state index < -0.39 is 35.2 Å². The van der Waals surface area contributed by atoms with Crippen LogP contribution in [-0.2, 0) is 15.8 Å². The van der Waals surface area contributed by atoms with Gasteiger partial charge in [-0.3, -0.25) is 14.5 Å². The minimum atomic E-state index is -4.63. The maximum absolute atomic E-state index is 13.2. The van der Waals surface area contributed by atoms with Crippen molar-refractivity contribution in [1.82, 2.24) is 0 Å². The first-order valence-corrected chi connectivity index (χ1v) is 9.26. The Morgan fingerprint density at radius 1 is 1.10 bits per heavy atom. The topological polar surface area (TPSA) is 77.8 Å². The fourth-order valence-electron chi connectivity index (χ4n) is 3.48. The average molecular weight is 419 g/mol. The highest BCUT2D eigenvalue weighted by Crippen LogP contribution is 2.43. The van der Waals surface area contributed by atoms with Crippen LogP contribution in [-0.4, -0.2) is 21.9 Å². The highest BCUT2D eigenvalue weighted by atomic mass is 19.4. The summed E-state index contributed by atoms with van der Waals surface area (Å²) in [6.45, 7) is 3.58. The highest BCUT2D eigenvalue weighted by Gasteiger charge is 2.45. The van der Waals surface area contributed by atoms with Gasteiger partial charge in [0, 0.05) is 12.1 Å². The highest BCUT2D eigenvalue weighted by molar-refractivity contribution is 6.16. The van der Waals surface area contributed by atoms with E-state index in [0.717, 1.165) is 23.1 Å². The van der Waals surface area contributed by atoms with Crippen LogP contribution in [0.2, 0.25) is 0 Å². The van der Waals surface area contributed by atoms with Gasteiger partial charge in [0.05, 0.1) is 17.2 Å². The van der Waals surface area contributed by atoms with Gasteiger partial charge in [0.25, 0.3) is 5.91 Å². The van der Waals surface area contributed by atoms with Crippen LogP contribution in [0.3, 0.4) is 0 Å². The first-order chi connectivity index (χ1) is 14.0. The molecule has 1 unspecified atom stereocenters. The largest absolute Gasteiger partial charge is 0.508 e. The average Bonchev–Trinajstić information content (AvgIpc) is 2.92. The number of ketones is 1. The zero-order chi connectivity index (χ0) is 22.2. The normalized spacial score (nSPS) is 17.2. The second-order valence-corrected chi connectivity index (χ2v) is 7.50. The Morgan fingerprint density at radius 3 is 2.37 bits per heavy atom. The van der Waals surface area contributed by atoms with Gasteiger partial charge < -0.3 is 10.2 Å². The number of phenols is 1. The van der Waals surface area contributed by atoms with Gasteiger partial charge >= 0.3 is 6.18 Å². The Kier molecular flexibility index (Phi) is 5.61. The van der Waals surface area contributed by atoms with E-state index >= 15 is 0 Å². The Hall–Kier alpha value is -3.29. The number of aliphatic hydroxyl groups excluding tert-OH is 1. The van der Waals surface area contributed by atoms with Crippen LogP contribution in [0.5, 0.6) is 5.75 Å². The Morgan fingerprint density at radius 2 is 1.77 bits per heavy atom. The van der Waals surface area contributed by atoms with Crippen molar-refractivity contribution in [3.63, 3.8) is 0 Å². The summed E-state index contributed by atoms with van der Waals surface area (Å²) in [4.78, 5) is 26.7. The number of alkyl halides is 3. The fourth-order valence-corrected chi connectivity index (χ4v) is 3.48. The molecule has 1 heterocycles.